The summed E-state index contributed by atoms with van der Waals surface area (Å²) in [6.07, 6.45) is 7.91. The van der Waals surface area contributed by atoms with Gasteiger partial charge in [0.1, 0.15) is 0 Å². The summed E-state index contributed by atoms with van der Waals surface area (Å²) in [6.45, 7) is 0.592. The molecule has 1 fully saturated rings. The third-order valence-electron chi connectivity index (χ3n) is 5.35. The zero-order chi connectivity index (χ0) is 18.5. The van der Waals surface area contributed by atoms with Crippen LogP contribution in [0.3, 0.4) is 0 Å². The minimum absolute atomic E-state index is 0.0562. The van der Waals surface area contributed by atoms with Crippen molar-refractivity contribution in [2.45, 2.75) is 38.1 Å². The summed E-state index contributed by atoms with van der Waals surface area (Å²) >= 11 is 0. The van der Waals surface area contributed by atoms with Crippen molar-refractivity contribution in [3.05, 3.63) is 89.7 Å². The lowest BCUT2D eigenvalue weighted by Crippen LogP contribution is -2.24. The predicted octanol–water partition coefficient (Wildman–Crippen LogP) is 4.88. The van der Waals surface area contributed by atoms with E-state index in [4.69, 9.17) is 0 Å². The monoisotopic (exact) mass is 356 g/mol. The maximum atomic E-state index is 12.3. The topological polar surface area (TPSA) is 42.0 Å². The third-order valence-corrected chi connectivity index (χ3v) is 5.35. The van der Waals surface area contributed by atoms with Crippen LogP contribution in [0.15, 0.2) is 73.1 Å². The van der Waals surface area contributed by atoms with E-state index < -0.39 is 0 Å². The molecule has 27 heavy (non-hydrogen) atoms. The average Bonchev–Trinajstić information content (AvgIpc) is 2.67. The highest BCUT2D eigenvalue weighted by atomic mass is 16.1. The van der Waals surface area contributed by atoms with Crippen molar-refractivity contribution in [1.82, 2.24) is 10.3 Å². The smallest absolute Gasteiger partial charge is 0.224 e. The first-order valence-electron chi connectivity index (χ1n) is 9.63. The van der Waals surface area contributed by atoms with E-state index in [0.29, 0.717) is 13.0 Å². The Labute approximate surface area is 160 Å². The molecule has 4 rings (SSSR count). The van der Waals surface area contributed by atoms with Gasteiger partial charge in [-0.15, -0.1) is 0 Å². The number of hydrogen-bond donors (Lipinski definition) is 1. The summed E-state index contributed by atoms with van der Waals surface area (Å²) in [6, 6.07) is 20.8. The summed E-state index contributed by atoms with van der Waals surface area (Å²) in [5, 5.41) is 3.05. The van der Waals surface area contributed by atoms with Gasteiger partial charge in [-0.3, -0.25) is 9.78 Å². The van der Waals surface area contributed by atoms with E-state index in [0.717, 1.165) is 22.6 Å². The number of nitrogens with zero attached hydrogens (tertiary/aromatic N) is 1. The van der Waals surface area contributed by atoms with Crippen molar-refractivity contribution < 1.29 is 4.79 Å². The number of carbonyl (C=O) groups is 1. The summed E-state index contributed by atoms with van der Waals surface area (Å²) < 4.78 is 0. The van der Waals surface area contributed by atoms with Gasteiger partial charge < -0.3 is 5.32 Å². The average molecular weight is 356 g/mol. The Bertz CT molecular complexity index is 899. The molecule has 3 heteroatoms. The SMILES string of the molecule is O=C(Cc1ccc(-c2ccncc2)cc1)NCc1cccc(C2CCC2)c1. The molecule has 0 bridgehead atoms. The molecule has 1 heterocycles. The lowest BCUT2D eigenvalue weighted by atomic mass is 9.80. The molecule has 3 aromatic rings. The Morgan fingerprint density at radius 3 is 2.37 bits per heavy atom. The third kappa shape index (κ3) is 4.43. The Kier molecular flexibility index (Phi) is 5.29. The number of rotatable bonds is 6. The summed E-state index contributed by atoms with van der Waals surface area (Å²) in [7, 11) is 0. The minimum Gasteiger partial charge on any atom is -0.352 e. The van der Waals surface area contributed by atoms with Gasteiger partial charge in [-0.05, 0) is 58.7 Å². The molecule has 136 valence electrons. The number of nitrogens with one attached hydrogen (secondary N) is 1. The van der Waals surface area contributed by atoms with Crippen LogP contribution < -0.4 is 5.32 Å². The first-order chi connectivity index (χ1) is 13.3. The second-order valence-corrected chi connectivity index (χ2v) is 7.26. The zero-order valence-electron chi connectivity index (χ0n) is 15.4. The standard InChI is InChI=1S/C24H24N2O/c27-24(26-17-19-3-1-6-23(15-19)20-4-2-5-20)16-18-7-9-21(10-8-18)22-11-13-25-14-12-22/h1,3,6-15,20H,2,4-5,16-17H2,(H,26,27). The van der Waals surface area contributed by atoms with Crippen molar-refractivity contribution in [1.29, 1.82) is 0 Å². The maximum Gasteiger partial charge on any atom is 0.224 e. The van der Waals surface area contributed by atoms with Gasteiger partial charge in [-0.25, -0.2) is 0 Å². The highest BCUT2D eigenvalue weighted by molar-refractivity contribution is 5.78. The lowest BCUT2D eigenvalue weighted by Gasteiger charge is -2.26. The largest absolute Gasteiger partial charge is 0.352 e. The van der Waals surface area contributed by atoms with Gasteiger partial charge in [0.15, 0.2) is 0 Å². The molecule has 1 amide bonds. The first-order valence-corrected chi connectivity index (χ1v) is 9.63. The van der Waals surface area contributed by atoms with Crippen molar-refractivity contribution in [2.24, 2.45) is 0 Å². The van der Waals surface area contributed by atoms with Gasteiger partial charge >= 0.3 is 0 Å². The molecule has 0 spiro atoms. The highest BCUT2D eigenvalue weighted by Crippen LogP contribution is 2.36. The first kappa shape index (κ1) is 17.5. The molecule has 0 unspecified atom stereocenters. The van der Waals surface area contributed by atoms with Crippen LogP contribution in [0.2, 0.25) is 0 Å². The Morgan fingerprint density at radius 1 is 0.926 bits per heavy atom. The van der Waals surface area contributed by atoms with Gasteiger partial charge in [0, 0.05) is 18.9 Å². The fourth-order valence-electron chi connectivity index (χ4n) is 3.51. The van der Waals surface area contributed by atoms with Crippen molar-refractivity contribution in [2.75, 3.05) is 0 Å². The number of hydrogen-bond acceptors (Lipinski definition) is 2. The molecule has 3 nitrogen and oxygen atoms in total. The van der Waals surface area contributed by atoms with Crippen LogP contribution in [0.1, 0.15) is 41.9 Å². The van der Waals surface area contributed by atoms with E-state index in [1.165, 1.54) is 30.4 Å². The van der Waals surface area contributed by atoms with Gasteiger partial charge in [-0.1, -0.05) is 55.0 Å². The molecule has 1 N–H and O–H groups in total. The summed E-state index contributed by atoms with van der Waals surface area (Å²) in [5.41, 5.74) is 5.88. The van der Waals surface area contributed by atoms with Crippen molar-refractivity contribution in [3.63, 3.8) is 0 Å². The van der Waals surface area contributed by atoms with Crippen LogP contribution in [0, 0.1) is 0 Å². The second kappa shape index (κ2) is 8.17. The van der Waals surface area contributed by atoms with Crippen LogP contribution in [0.4, 0.5) is 0 Å². The lowest BCUT2D eigenvalue weighted by molar-refractivity contribution is -0.120. The minimum atomic E-state index is 0.0562. The normalized spacial score (nSPS) is 13.8. The van der Waals surface area contributed by atoms with E-state index >= 15 is 0 Å². The number of carbonyl (C=O) groups excluding carboxylic acids is 1. The molecule has 1 aliphatic rings. The van der Waals surface area contributed by atoms with Crippen LogP contribution in [0.5, 0.6) is 0 Å². The zero-order valence-corrected chi connectivity index (χ0v) is 15.4. The molecule has 2 aromatic carbocycles. The van der Waals surface area contributed by atoms with Gasteiger partial charge in [0.2, 0.25) is 5.91 Å². The molecule has 0 saturated heterocycles. The number of aromatic nitrogens is 1. The van der Waals surface area contributed by atoms with Gasteiger partial charge in [0.25, 0.3) is 0 Å². The van der Waals surface area contributed by atoms with E-state index in [9.17, 15) is 4.79 Å². The van der Waals surface area contributed by atoms with E-state index in [1.54, 1.807) is 12.4 Å². The van der Waals surface area contributed by atoms with Crippen LogP contribution in [-0.2, 0) is 17.8 Å². The summed E-state index contributed by atoms with van der Waals surface area (Å²) in [5.74, 6) is 0.778. The van der Waals surface area contributed by atoms with Crippen LogP contribution in [0.25, 0.3) is 11.1 Å². The highest BCUT2D eigenvalue weighted by Gasteiger charge is 2.19. The molecule has 1 saturated carbocycles. The van der Waals surface area contributed by atoms with Crippen molar-refractivity contribution >= 4 is 5.91 Å². The number of benzene rings is 2. The second-order valence-electron chi connectivity index (χ2n) is 7.26. The molecule has 1 aromatic heterocycles. The molecule has 1 aliphatic carbocycles. The van der Waals surface area contributed by atoms with Crippen molar-refractivity contribution in [3.8, 4) is 11.1 Å². The summed E-state index contributed by atoms with van der Waals surface area (Å²) in [4.78, 5) is 16.4. The fourth-order valence-corrected chi connectivity index (χ4v) is 3.51. The molecular formula is C24H24N2O. The Morgan fingerprint density at radius 2 is 1.67 bits per heavy atom. The van der Waals surface area contributed by atoms with E-state index in [1.807, 2.05) is 24.3 Å². The van der Waals surface area contributed by atoms with Crippen LogP contribution >= 0.6 is 0 Å². The van der Waals surface area contributed by atoms with Crippen LogP contribution in [-0.4, -0.2) is 10.9 Å². The fraction of sp³-hybridized carbons (Fsp3) is 0.250. The number of amides is 1. The maximum absolute atomic E-state index is 12.3. The Hall–Kier alpha value is -2.94. The quantitative estimate of drug-likeness (QED) is 0.684. The van der Waals surface area contributed by atoms with Gasteiger partial charge in [0.05, 0.1) is 6.42 Å². The molecule has 0 aliphatic heterocycles. The molecule has 0 atom stereocenters. The number of pyridine rings is 1. The molecule has 0 radical (unpaired) electrons. The predicted molar refractivity (Wildman–Crippen MR) is 108 cm³/mol. The van der Waals surface area contributed by atoms with E-state index in [-0.39, 0.29) is 5.91 Å². The Balaban J connectivity index is 1.31. The van der Waals surface area contributed by atoms with E-state index in [2.05, 4.69) is 46.7 Å². The molecular weight excluding hydrogens is 332 g/mol. The van der Waals surface area contributed by atoms with Gasteiger partial charge in [-0.2, -0.15) is 0 Å².